The van der Waals surface area contributed by atoms with Crippen molar-refractivity contribution in [3.63, 3.8) is 0 Å². The number of hydrogen-bond acceptors (Lipinski definition) is 6. The van der Waals surface area contributed by atoms with E-state index in [-0.39, 0.29) is 11.8 Å². The Balaban J connectivity index is 2.55. The second kappa shape index (κ2) is 6.39. The van der Waals surface area contributed by atoms with Gasteiger partial charge in [0.05, 0.1) is 12.4 Å². The molecule has 0 unspecified atom stereocenters. The third-order valence-corrected chi connectivity index (χ3v) is 3.88. The maximum Gasteiger partial charge on any atom is 0.367 e. The van der Waals surface area contributed by atoms with Crippen LogP contribution in [0.2, 0.25) is 0 Å². The summed E-state index contributed by atoms with van der Waals surface area (Å²) >= 11 is 0.973. The molecule has 120 valence electrons. The Morgan fingerprint density at radius 1 is 1.41 bits per heavy atom. The monoisotopic (exact) mass is 326 g/mol. The molecule has 9 heteroatoms. The topological polar surface area (TPSA) is 99.0 Å². The van der Waals surface area contributed by atoms with Crippen molar-refractivity contribution in [2.45, 2.75) is 32.6 Å². The number of H-pyrrole nitrogens is 1. The van der Waals surface area contributed by atoms with Crippen LogP contribution in [0.25, 0.3) is 11.2 Å². The third kappa shape index (κ3) is 2.94. The SMILES string of the molecule is CCOC(=O)SCc1nc2c(c(=O)[nH]c(=O)n2C)n1C(C)C. The van der Waals surface area contributed by atoms with Crippen LogP contribution in [-0.4, -0.2) is 31.0 Å². The van der Waals surface area contributed by atoms with Gasteiger partial charge in [0.15, 0.2) is 11.2 Å². The van der Waals surface area contributed by atoms with Crippen LogP contribution in [-0.2, 0) is 17.5 Å². The quantitative estimate of drug-likeness (QED) is 0.853. The second-order valence-electron chi connectivity index (χ2n) is 4.95. The number of carbonyl (C=O) groups is 1. The van der Waals surface area contributed by atoms with Crippen LogP contribution in [0.15, 0.2) is 9.59 Å². The highest BCUT2D eigenvalue weighted by molar-refractivity contribution is 8.12. The lowest BCUT2D eigenvalue weighted by Gasteiger charge is -2.11. The first-order chi connectivity index (χ1) is 10.4. The molecule has 0 bridgehead atoms. The maximum atomic E-state index is 12.1. The van der Waals surface area contributed by atoms with Gasteiger partial charge >= 0.3 is 11.0 Å². The smallest absolute Gasteiger partial charge is 0.367 e. The van der Waals surface area contributed by atoms with Crippen molar-refractivity contribution in [1.29, 1.82) is 0 Å². The molecule has 0 aromatic carbocycles. The Morgan fingerprint density at radius 3 is 2.68 bits per heavy atom. The number of nitrogens with one attached hydrogen (secondary N) is 1. The fraction of sp³-hybridized carbons (Fsp3) is 0.538. The highest BCUT2D eigenvalue weighted by atomic mass is 32.2. The molecule has 8 nitrogen and oxygen atoms in total. The van der Waals surface area contributed by atoms with Crippen molar-refractivity contribution in [2.75, 3.05) is 6.61 Å². The number of carbonyl (C=O) groups excluding carboxylic acids is 1. The predicted octanol–water partition coefficient (Wildman–Crippen LogP) is 1.39. The number of rotatable bonds is 4. The van der Waals surface area contributed by atoms with Gasteiger partial charge in [-0.05, 0) is 32.5 Å². The molecule has 0 saturated heterocycles. The van der Waals surface area contributed by atoms with Crippen LogP contribution in [0.5, 0.6) is 0 Å². The number of ether oxygens (including phenoxy) is 1. The van der Waals surface area contributed by atoms with Gasteiger partial charge in [-0.3, -0.25) is 14.3 Å². The van der Waals surface area contributed by atoms with Crippen molar-refractivity contribution in [2.24, 2.45) is 7.05 Å². The second-order valence-corrected chi connectivity index (χ2v) is 5.86. The number of aryl methyl sites for hydroxylation is 1. The van der Waals surface area contributed by atoms with Crippen LogP contribution in [0.3, 0.4) is 0 Å². The molecule has 0 fully saturated rings. The van der Waals surface area contributed by atoms with Crippen LogP contribution in [0.1, 0.15) is 32.6 Å². The molecular weight excluding hydrogens is 308 g/mol. The van der Waals surface area contributed by atoms with E-state index in [1.165, 1.54) is 4.57 Å². The summed E-state index contributed by atoms with van der Waals surface area (Å²) in [6, 6.07) is -0.0404. The summed E-state index contributed by atoms with van der Waals surface area (Å²) in [6.07, 6.45) is 0. The van der Waals surface area contributed by atoms with Gasteiger partial charge in [-0.15, -0.1) is 0 Å². The Bertz CT molecular complexity index is 818. The molecule has 0 aliphatic carbocycles. The average molecular weight is 326 g/mol. The zero-order valence-electron chi connectivity index (χ0n) is 12.9. The molecule has 0 atom stereocenters. The molecule has 1 N–H and O–H groups in total. The summed E-state index contributed by atoms with van der Waals surface area (Å²) in [5.41, 5.74) is -0.361. The molecule has 0 spiro atoms. The number of fused-ring (bicyclic) bond motifs is 1. The summed E-state index contributed by atoms with van der Waals surface area (Å²) in [7, 11) is 1.54. The largest absolute Gasteiger partial charge is 0.458 e. The minimum atomic E-state index is -0.518. The fourth-order valence-electron chi connectivity index (χ4n) is 2.19. The van der Waals surface area contributed by atoms with E-state index in [0.29, 0.717) is 23.6 Å². The van der Waals surface area contributed by atoms with E-state index in [2.05, 4.69) is 9.97 Å². The number of imidazole rings is 1. The van der Waals surface area contributed by atoms with Gasteiger partial charge in [-0.25, -0.2) is 14.6 Å². The van der Waals surface area contributed by atoms with Gasteiger partial charge in [0.2, 0.25) is 0 Å². The lowest BCUT2D eigenvalue weighted by Crippen LogP contribution is -2.29. The van der Waals surface area contributed by atoms with Crippen molar-refractivity contribution < 1.29 is 9.53 Å². The Morgan fingerprint density at radius 2 is 2.09 bits per heavy atom. The van der Waals surface area contributed by atoms with Gasteiger partial charge < -0.3 is 9.30 Å². The fourth-order valence-corrected chi connectivity index (χ4v) is 2.84. The molecule has 2 rings (SSSR count). The summed E-state index contributed by atoms with van der Waals surface area (Å²) in [6.45, 7) is 5.85. The molecule has 0 aliphatic heterocycles. The van der Waals surface area contributed by atoms with E-state index in [1.54, 1.807) is 18.5 Å². The number of aromatic amines is 1. The van der Waals surface area contributed by atoms with E-state index in [9.17, 15) is 14.4 Å². The zero-order valence-corrected chi connectivity index (χ0v) is 13.7. The molecule has 0 aliphatic rings. The summed E-state index contributed by atoms with van der Waals surface area (Å²) in [5, 5.41) is -0.396. The van der Waals surface area contributed by atoms with Crippen molar-refractivity contribution in [3.8, 4) is 0 Å². The zero-order chi connectivity index (χ0) is 16.4. The Labute approximate surface area is 130 Å². The van der Waals surface area contributed by atoms with Crippen LogP contribution < -0.4 is 11.2 Å². The Hall–Kier alpha value is -2.03. The molecule has 0 radical (unpaired) electrons. The molecule has 2 aromatic heterocycles. The molecule has 22 heavy (non-hydrogen) atoms. The lowest BCUT2D eigenvalue weighted by molar-refractivity contribution is 0.181. The highest BCUT2D eigenvalue weighted by Crippen LogP contribution is 2.21. The van der Waals surface area contributed by atoms with Gasteiger partial charge in [0.1, 0.15) is 5.82 Å². The molecule has 0 saturated carbocycles. The Kier molecular flexibility index (Phi) is 4.74. The molecule has 2 heterocycles. The minimum absolute atomic E-state index is 0.0404. The van der Waals surface area contributed by atoms with Gasteiger partial charge in [-0.1, -0.05) is 0 Å². The number of thioether (sulfide) groups is 1. The summed E-state index contributed by atoms with van der Waals surface area (Å²) in [4.78, 5) is 41.9. The van der Waals surface area contributed by atoms with Crippen molar-refractivity contribution >= 4 is 28.2 Å². The standard InChI is InChI=1S/C13H18N4O4S/c1-5-21-13(20)22-6-8-14-10-9(17(8)7(2)3)11(18)15-12(19)16(10)4/h7H,5-6H2,1-4H3,(H,15,18,19). The highest BCUT2D eigenvalue weighted by Gasteiger charge is 2.20. The lowest BCUT2D eigenvalue weighted by atomic mass is 10.3. The molecular formula is C13H18N4O4S. The van der Waals surface area contributed by atoms with E-state index in [4.69, 9.17) is 4.74 Å². The van der Waals surface area contributed by atoms with Gasteiger partial charge in [0.25, 0.3) is 5.56 Å². The molecule has 0 amide bonds. The van der Waals surface area contributed by atoms with E-state index >= 15 is 0 Å². The number of hydrogen-bond donors (Lipinski definition) is 1. The minimum Gasteiger partial charge on any atom is -0.458 e. The van der Waals surface area contributed by atoms with Crippen LogP contribution >= 0.6 is 11.8 Å². The maximum absolute atomic E-state index is 12.1. The van der Waals surface area contributed by atoms with Crippen molar-refractivity contribution in [3.05, 3.63) is 26.7 Å². The summed E-state index contributed by atoms with van der Waals surface area (Å²) in [5.74, 6) is 0.814. The first kappa shape index (κ1) is 16.3. The van der Waals surface area contributed by atoms with Crippen molar-refractivity contribution in [1.82, 2.24) is 19.1 Å². The number of nitrogens with zero attached hydrogens (tertiary/aromatic N) is 3. The van der Waals surface area contributed by atoms with Gasteiger partial charge in [0, 0.05) is 13.1 Å². The third-order valence-electron chi connectivity index (χ3n) is 3.12. The normalized spacial score (nSPS) is 11.3. The number of aromatic nitrogens is 4. The van der Waals surface area contributed by atoms with E-state index in [1.807, 2.05) is 13.8 Å². The first-order valence-corrected chi connectivity index (χ1v) is 7.85. The summed E-state index contributed by atoms with van der Waals surface area (Å²) < 4.78 is 7.89. The first-order valence-electron chi connectivity index (χ1n) is 6.86. The van der Waals surface area contributed by atoms with Gasteiger partial charge in [-0.2, -0.15) is 0 Å². The van der Waals surface area contributed by atoms with Crippen LogP contribution in [0.4, 0.5) is 4.79 Å². The van der Waals surface area contributed by atoms with Crippen LogP contribution in [0, 0.1) is 0 Å². The average Bonchev–Trinajstić information content (AvgIpc) is 2.83. The molecule has 2 aromatic rings. The van der Waals surface area contributed by atoms with E-state index < -0.39 is 16.6 Å². The van der Waals surface area contributed by atoms with E-state index in [0.717, 1.165) is 11.8 Å². The predicted molar refractivity (Wildman–Crippen MR) is 84.3 cm³/mol.